The minimum absolute atomic E-state index is 0.745. The molecule has 1 fully saturated rings. The average molecular weight is 244 g/mol. The summed E-state index contributed by atoms with van der Waals surface area (Å²) in [6.07, 6.45) is 8.02. The van der Waals surface area contributed by atoms with Crippen molar-refractivity contribution >= 4 is 11.4 Å². The summed E-state index contributed by atoms with van der Waals surface area (Å²) >= 11 is 0. The third kappa shape index (κ3) is 2.21. The van der Waals surface area contributed by atoms with Crippen LogP contribution in [0.15, 0.2) is 18.2 Å². The van der Waals surface area contributed by atoms with Crippen molar-refractivity contribution in [2.24, 2.45) is 5.92 Å². The third-order valence-electron chi connectivity index (χ3n) is 4.61. The average Bonchev–Trinajstić information content (AvgIpc) is 2.38. The molecule has 2 heteroatoms. The first-order valence-electron chi connectivity index (χ1n) is 7.39. The van der Waals surface area contributed by atoms with Gasteiger partial charge < -0.3 is 10.6 Å². The molecule has 18 heavy (non-hydrogen) atoms. The lowest BCUT2D eigenvalue weighted by Crippen LogP contribution is -2.41. The van der Waals surface area contributed by atoms with Gasteiger partial charge >= 0.3 is 0 Å². The number of nitrogens with two attached hydrogens (primary N) is 1. The van der Waals surface area contributed by atoms with E-state index < -0.39 is 0 Å². The number of nitrogen functional groups attached to an aromatic ring is 1. The highest BCUT2D eigenvalue weighted by Crippen LogP contribution is 2.36. The van der Waals surface area contributed by atoms with E-state index in [2.05, 4.69) is 24.0 Å². The highest BCUT2D eigenvalue weighted by Gasteiger charge is 2.27. The molecule has 0 amide bonds. The topological polar surface area (TPSA) is 29.3 Å². The first-order chi connectivity index (χ1) is 8.74. The van der Waals surface area contributed by atoms with Crippen LogP contribution >= 0.6 is 0 Å². The van der Waals surface area contributed by atoms with Gasteiger partial charge in [-0.05, 0) is 49.3 Å². The molecule has 1 aliphatic carbocycles. The Labute approximate surface area is 110 Å². The van der Waals surface area contributed by atoms with Crippen molar-refractivity contribution in [3.05, 3.63) is 23.8 Å². The molecule has 0 bridgehead atoms. The van der Waals surface area contributed by atoms with Gasteiger partial charge in [0.15, 0.2) is 0 Å². The summed E-state index contributed by atoms with van der Waals surface area (Å²) in [5.74, 6) is 0.884. The van der Waals surface area contributed by atoms with Crippen molar-refractivity contribution in [3.63, 3.8) is 0 Å². The Kier molecular flexibility index (Phi) is 3.19. The standard InChI is InChI=1S/C16H24N2/c1-12-4-2-6-15(10-12)18-9-3-5-13-7-8-14(17)11-16(13)18/h7-8,11-12,15H,2-6,9-10,17H2,1H3. The van der Waals surface area contributed by atoms with Gasteiger partial charge in [-0.15, -0.1) is 0 Å². The van der Waals surface area contributed by atoms with Crippen LogP contribution in [0.5, 0.6) is 0 Å². The summed E-state index contributed by atoms with van der Waals surface area (Å²) in [5.41, 5.74) is 9.79. The summed E-state index contributed by atoms with van der Waals surface area (Å²) in [6, 6.07) is 7.21. The highest BCUT2D eigenvalue weighted by molar-refractivity contribution is 5.63. The molecular weight excluding hydrogens is 220 g/mol. The first kappa shape index (κ1) is 11.9. The van der Waals surface area contributed by atoms with Crippen molar-refractivity contribution < 1.29 is 0 Å². The van der Waals surface area contributed by atoms with E-state index >= 15 is 0 Å². The number of nitrogens with zero attached hydrogens (tertiary/aromatic N) is 1. The fourth-order valence-corrected chi connectivity index (χ4v) is 3.68. The van der Waals surface area contributed by atoms with Gasteiger partial charge in [0.2, 0.25) is 0 Å². The van der Waals surface area contributed by atoms with Gasteiger partial charge in [-0.2, -0.15) is 0 Å². The molecule has 1 saturated carbocycles. The van der Waals surface area contributed by atoms with E-state index in [9.17, 15) is 0 Å². The molecule has 1 aliphatic heterocycles. The van der Waals surface area contributed by atoms with E-state index in [0.29, 0.717) is 0 Å². The van der Waals surface area contributed by atoms with Crippen molar-refractivity contribution in [2.75, 3.05) is 17.2 Å². The van der Waals surface area contributed by atoms with E-state index in [1.165, 1.54) is 56.3 Å². The highest BCUT2D eigenvalue weighted by atomic mass is 15.2. The molecule has 2 aliphatic rings. The second-order valence-corrected chi connectivity index (χ2v) is 6.11. The normalized spacial score (nSPS) is 27.9. The molecule has 1 aromatic carbocycles. The van der Waals surface area contributed by atoms with E-state index in [1.807, 2.05) is 6.07 Å². The Morgan fingerprint density at radius 3 is 2.94 bits per heavy atom. The Morgan fingerprint density at radius 1 is 1.22 bits per heavy atom. The molecule has 0 saturated heterocycles. The van der Waals surface area contributed by atoms with Crippen LogP contribution in [-0.4, -0.2) is 12.6 Å². The number of benzene rings is 1. The monoisotopic (exact) mass is 244 g/mol. The van der Waals surface area contributed by atoms with Crippen molar-refractivity contribution in [3.8, 4) is 0 Å². The minimum atomic E-state index is 0.745. The van der Waals surface area contributed by atoms with Gasteiger partial charge in [0.05, 0.1) is 0 Å². The van der Waals surface area contributed by atoms with Crippen LogP contribution in [0.2, 0.25) is 0 Å². The van der Waals surface area contributed by atoms with Crippen molar-refractivity contribution in [1.29, 1.82) is 0 Å². The van der Waals surface area contributed by atoms with Crippen molar-refractivity contribution in [2.45, 2.75) is 51.5 Å². The lowest BCUT2D eigenvalue weighted by Gasteiger charge is -2.41. The van der Waals surface area contributed by atoms with Gasteiger partial charge in [-0.1, -0.05) is 25.8 Å². The lowest BCUT2D eigenvalue weighted by atomic mass is 9.85. The second-order valence-electron chi connectivity index (χ2n) is 6.11. The molecule has 2 atom stereocenters. The van der Waals surface area contributed by atoms with Crippen LogP contribution in [0.3, 0.4) is 0 Å². The van der Waals surface area contributed by atoms with Crippen LogP contribution in [0.25, 0.3) is 0 Å². The summed E-state index contributed by atoms with van der Waals surface area (Å²) in [5, 5.41) is 0. The van der Waals surface area contributed by atoms with Crippen LogP contribution in [0.1, 0.15) is 44.6 Å². The Balaban J connectivity index is 1.88. The quantitative estimate of drug-likeness (QED) is 0.765. The molecule has 0 radical (unpaired) electrons. The zero-order valence-corrected chi connectivity index (χ0v) is 11.4. The molecule has 0 aromatic heterocycles. The zero-order chi connectivity index (χ0) is 12.5. The molecule has 2 unspecified atom stereocenters. The maximum absolute atomic E-state index is 5.97. The smallest absolute Gasteiger partial charge is 0.0421 e. The summed E-state index contributed by atoms with van der Waals surface area (Å²) in [6.45, 7) is 3.62. The van der Waals surface area contributed by atoms with Gasteiger partial charge in [0, 0.05) is 24.0 Å². The second kappa shape index (κ2) is 4.83. The molecule has 2 nitrogen and oxygen atoms in total. The van der Waals surface area contributed by atoms with Crippen LogP contribution in [0.4, 0.5) is 11.4 Å². The molecule has 0 spiro atoms. The number of rotatable bonds is 1. The van der Waals surface area contributed by atoms with E-state index in [4.69, 9.17) is 5.73 Å². The zero-order valence-electron chi connectivity index (χ0n) is 11.4. The van der Waals surface area contributed by atoms with E-state index in [-0.39, 0.29) is 0 Å². The Bertz CT molecular complexity index is 427. The first-order valence-corrected chi connectivity index (χ1v) is 7.39. The Morgan fingerprint density at radius 2 is 2.11 bits per heavy atom. The van der Waals surface area contributed by atoms with Crippen molar-refractivity contribution in [1.82, 2.24) is 0 Å². The fourth-order valence-electron chi connectivity index (χ4n) is 3.68. The maximum atomic E-state index is 5.97. The molecule has 2 N–H and O–H groups in total. The predicted octanol–water partition coefficient (Wildman–Crippen LogP) is 3.60. The fraction of sp³-hybridized carbons (Fsp3) is 0.625. The number of anilines is 2. The van der Waals surface area contributed by atoms with Crippen LogP contribution in [0, 0.1) is 5.92 Å². The largest absolute Gasteiger partial charge is 0.399 e. The maximum Gasteiger partial charge on any atom is 0.0421 e. The number of hydrogen-bond acceptors (Lipinski definition) is 2. The molecule has 98 valence electrons. The van der Waals surface area contributed by atoms with Gasteiger partial charge in [-0.3, -0.25) is 0 Å². The van der Waals surface area contributed by atoms with Gasteiger partial charge in [0.25, 0.3) is 0 Å². The number of hydrogen-bond donors (Lipinski definition) is 1. The van der Waals surface area contributed by atoms with Gasteiger partial charge in [-0.25, -0.2) is 0 Å². The van der Waals surface area contributed by atoms with E-state index in [0.717, 1.165) is 17.6 Å². The SMILES string of the molecule is CC1CCCC(N2CCCc3ccc(N)cc32)C1. The molecule has 3 rings (SSSR count). The molecule has 1 heterocycles. The summed E-state index contributed by atoms with van der Waals surface area (Å²) in [7, 11) is 0. The molecule has 1 aromatic rings. The molecular formula is C16H24N2. The minimum Gasteiger partial charge on any atom is -0.399 e. The van der Waals surface area contributed by atoms with E-state index in [1.54, 1.807) is 0 Å². The summed E-state index contributed by atoms with van der Waals surface area (Å²) < 4.78 is 0. The Hall–Kier alpha value is -1.18. The van der Waals surface area contributed by atoms with Gasteiger partial charge in [0.1, 0.15) is 0 Å². The third-order valence-corrected chi connectivity index (χ3v) is 4.61. The summed E-state index contributed by atoms with van der Waals surface area (Å²) in [4.78, 5) is 2.64. The predicted molar refractivity (Wildman–Crippen MR) is 77.9 cm³/mol. The van der Waals surface area contributed by atoms with Crippen LogP contribution < -0.4 is 10.6 Å². The number of aryl methyl sites for hydroxylation is 1. The number of fused-ring (bicyclic) bond motifs is 1. The lowest BCUT2D eigenvalue weighted by molar-refractivity contribution is 0.326. The van der Waals surface area contributed by atoms with Crippen LogP contribution in [-0.2, 0) is 6.42 Å².